The molecule has 7 heteroatoms. The van der Waals surface area contributed by atoms with Crippen molar-refractivity contribution < 1.29 is 0 Å². The van der Waals surface area contributed by atoms with Gasteiger partial charge in [0.05, 0.1) is 13.1 Å². The molecule has 0 aliphatic carbocycles. The van der Waals surface area contributed by atoms with Crippen LogP contribution in [0.3, 0.4) is 0 Å². The first kappa shape index (κ1) is 21.0. The third-order valence-corrected chi connectivity index (χ3v) is 6.97. The Morgan fingerprint density at radius 2 is 1.69 bits per heavy atom. The monoisotopic (exact) mass is 445 g/mol. The van der Waals surface area contributed by atoms with Gasteiger partial charge < -0.3 is 9.55 Å². The summed E-state index contributed by atoms with van der Waals surface area (Å²) in [6, 6.07) is 20.2. The zero-order valence-electron chi connectivity index (χ0n) is 18.0. The number of thioether (sulfide) groups is 1. The SMILES string of the molecule is O=c1[nH]c(CSc2nnc(CN3CCCCC3)n2Cc2ccccc2)cc2ccccc12. The number of pyridine rings is 1. The zero-order valence-corrected chi connectivity index (χ0v) is 18.9. The summed E-state index contributed by atoms with van der Waals surface area (Å²) in [6.07, 6.45) is 3.83. The summed E-state index contributed by atoms with van der Waals surface area (Å²) in [5.41, 5.74) is 2.08. The Morgan fingerprint density at radius 3 is 2.53 bits per heavy atom. The van der Waals surface area contributed by atoms with Crippen molar-refractivity contribution in [1.82, 2.24) is 24.6 Å². The highest BCUT2D eigenvalue weighted by atomic mass is 32.2. The molecule has 164 valence electrons. The number of rotatable bonds is 7. The van der Waals surface area contributed by atoms with Gasteiger partial charge in [-0.1, -0.05) is 66.7 Å². The van der Waals surface area contributed by atoms with Crippen molar-refractivity contribution in [3.63, 3.8) is 0 Å². The zero-order chi connectivity index (χ0) is 21.8. The molecule has 0 unspecified atom stereocenters. The number of aromatic amines is 1. The summed E-state index contributed by atoms with van der Waals surface area (Å²) in [4.78, 5) is 17.9. The first-order chi connectivity index (χ1) is 15.8. The van der Waals surface area contributed by atoms with Crippen molar-refractivity contribution in [1.29, 1.82) is 0 Å². The molecular formula is C25H27N5OS. The molecule has 0 atom stereocenters. The van der Waals surface area contributed by atoms with Crippen LogP contribution in [-0.4, -0.2) is 37.7 Å². The molecule has 1 fully saturated rings. The summed E-state index contributed by atoms with van der Waals surface area (Å²) >= 11 is 1.62. The molecule has 2 aromatic heterocycles. The van der Waals surface area contributed by atoms with Crippen LogP contribution in [0, 0.1) is 0 Å². The molecule has 0 bridgehead atoms. The molecule has 0 radical (unpaired) electrons. The summed E-state index contributed by atoms with van der Waals surface area (Å²) in [7, 11) is 0. The average molecular weight is 446 g/mol. The van der Waals surface area contributed by atoms with E-state index in [9.17, 15) is 4.79 Å². The minimum Gasteiger partial charge on any atom is -0.325 e. The minimum atomic E-state index is -0.0461. The number of H-pyrrole nitrogens is 1. The Labute approximate surface area is 191 Å². The van der Waals surface area contributed by atoms with E-state index < -0.39 is 0 Å². The molecule has 2 aromatic carbocycles. The van der Waals surface area contributed by atoms with Crippen LogP contribution < -0.4 is 5.56 Å². The van der Waals surface area contributed by atoms with Crippen molar-refractivity contribution in [3.8, 4) is 0 Å². The Morgan fingerprint density at radius 1 is 0.906 bits per heavy atom. The van der Waals surface area contributed by atoms with Gasteiger partial charge in [-0.25, -0.2) is 0 Å². The van der Waals surface area contributed by atoms with E-state index in [0.29, 0.717) is 5.75 Å². The fraction of sp³-hybridized carbons (Fsp3) is 0.320. The van der Waals surface area contributed by atoms with Gasteiger partial charge in [-0.3, -0.25) is 9.69 Å². The molecule has 32 heavy (non-hydrogen) atoms. The highest BCUT2D eigenvalue weighted by molar-refractivity contribution is 7.98. The minimum absolute atomic E-state index is 0.0461. The number of aromatic nitrogens is 4. The Balaban J connectivity index is 1.39. The normalized spacial score (nSPS) is 14.8. The fourth-order valence-corrected chi connectivity index (χ4v) is 5.14. The molecule has 1 aliphatic heterocycles. The quantitative estimate of drug-likeness (QED) is 0.426. The van der Waals surface area contributed by atoms with Crippen molar-refractivity contribution in [3.05, 3.63) is 88.1 Å². The van der Waals surface area contributed by atoms with Crippen molar-refractivity contribution in [2.75, 3.05) is 13.1 Å². The lowest BCUT2D eigenvalue weighted by atomic mass is 10.1. The molecule has 0 saturated carbocycles. The predicted molar refractivity (Wildman–Crippen MR) is 129 cm³/mol. The summed E-state index contributed by atoms with van der Waals surface area (Å²) in [6.45, 7) is 3.82. The first-order valence-electron chi connectivity index (χ1n) is 11.2. The van der Waals surface area contributed by atoms with Gasteiger partial charge in [0, 0.05) is 16.8 Å². The van der Waals surface area contributed by atoms with Gasteiger partial charge in [0.15, 0.2) is 5.16 Å². The van der Waals surface area contributed by atoms with E-state index in [1.807, 2.05) is 30.3 Å². The number of hydrogen-bond donors (Lipinski definition) is 1. The van der Waals surface area contributed by atoms with Gasteiger partial charge in [-0.2, -0.15) is 0 Å². The van der Waals surface area contributed by atoms with Gasteiger partial charge in [0.1, 0.15) is 5.82 Å². The first-order valence-corrected chi connectivity index (χ1v) is 12.2. The molecule has 6 nitrogen and oxygen atoms in total. The lowest BCUT2D eigenvalue weighted by molar-refractivity contribution is 0.213. The smallest absolute Gasteiger partial charge is 0.256 e. The number of hydrogen-bond acceptors (Lipinski definition) is 5. The van der Waals surface area contributed by atoms with E-state index >= 15 is 0 Å². The maximum Gasteiger partial charge on any atom is 0.256 e. The van der Waals surface area contributed by atoms with Crippen LogP contribution in [0.1, 0.15) is 36.3 Å². The average Bonchev–Trinajstić information content (AvgIpc) is 3.20. The standard InChI is InChI=1S/C25H27N5OS/c31-24-22-12-6-5-11-20(22)15-21(26-24)18-32-25-28-27-23(17-29-13-7-2-8-14-29)30(25)16-19-9-3-1-4-10-19/h1,3-6,9-12,15H,2,7-8,13-14,16-18H2,(H,26,31). The second kappa shape index (κ2) is 9.71. The largest absolute Gasteiger partial charge is 0.325 e. The van der Waals surface area contributed by atoms with Gasteiger partial charge in [0.2, 0.25) is 0 Å². The highest BCUT2D eigenvalue weighted by Gasteiger charge is 2.18. The van der Waals surface area contributed by atoms with E-state index in [1.165, 1.54) is 24.8 Å². The van der Waals surface area contributed by atoms with Crippen molar-refractivity contribution >= 4 is 22.5 Å². The van der Waals surface area contributed by atoms with Crippen LogP contribution in [0.25, 0.3) is 10.8 Å². The topological polar surface area (TPSA) is 66.8 Å². The molecule has 0 spiro atoms. The van der Waals surface area contributed by atoms with Crippen LogP contribution in [0.2, 0.25) is 0 Å². The lowest BCUT2D eigenvalue weighted by Crippen LogP contribution is -2.30. The maximum atomic E-state index is 12.4. The Bertz CT molecular complexity index is 1240. The third-order valence-electron chi connectivity index (χ3n) is 5.96. The number of nitrogens with one attached hydrogen (secondary N) is 1. The molecular weight excluding hydrogens is 418 g/mol. The Kier molecular flexibility index (Phi) is 6.36. The van der Waals surface area contributed by atoms with E-state index in [-0.39, 0.29) is 5.56 Å². The van der Waals surface area contributed by atoms with Gasteiger partial charge in [-0.05, 0) is 49.0 Å². The second-order valence-corrected chi connectivity index (χ2v) is 9.25. The molecule has 1 N–H and O–H groups in total. The molecule has 3 heterocycles. The number of likely N-dealkylation sites (tertiary alicyclic amines) is 1. The lowest BCUT2D eigenvalue weighted by Gasteiger charge is -2.26. The van der Waals surface area contributed by atoms with E-state index in [0.717, 1.165) is 53.6 Å². The van der Waals surface area contributed by atoms with Crippen LogP contribution in [0.5, 0.6) is 0 Å². The van der Waals surface area contributed by atoms with Gasteiger partial charge >= 0.3 is 0 Å². The molecule has 4 aromatic rings. The van der Waals surface area contributed by atoms with E-state index in [2.05, 4.69) is 55.0 Å². The predicted octanol–water partition coefficient (Wildman–Crippen LogP) is 4.45. The molecule has 5 rings (SSSR count). The number of benzene rings is 2. The summed E-state index contributed by atoms with van der Waals surface area (Å²) in [5, 5.41) is 11.7. The molecule has 1 aliphatic rings. The highest BCUT2D eigenvalue weighted by Crippen LogP contribution is 2.24. The molecule has 0 amide bonds. The summed E-state index contributed by atoms with van der Waals surface area (Å²) in [5.74, 6) is 1.64. The molecule has 1 saturated heterocycles. The van der Waals surface area contributed by atoms with Gasteiger partial charge in [-0.15, -0.1) is 10.2 Å². The number of fused-ring (bicyclic) bond motifs is 1. The second-order valence-electron chi connectivity index (χ2n) is 8.31. The van der Waals surface area contributed by atoms with Crippen LogP contribution >= 0.6 is 11.8 Å². The van der Waals surface area contributed by atoms with E-state index in [1.54, 1.807) is 11.8 Å². The Hall–Kier alpha value is -2.90. The van der Waals surface area contributed by atoms with Crippen LogP contribution in [0.4, 0.5) is 0 Å². The third kappa shape index (κ3) is 4.79. The maximum absolute atomic E-state index is 12.4. The van der Waals surface area contributed by atoms with E-state index in [4.69, 9.17) is 0 Å². The van der Waals surface area contributed by atoms with Crippen LogP contribution in [0.15, 0.2) is 70.6 Å². The van der Waals surface area contributed by atoms with Crippen LogP contribution in [-0.2, 0) is 18.8 Å². The fourth-order valence-electron chi connectivity index (χ4n) is 4.27. The van der Waals surface area contributed by atoms with Crippen molar-refractivity contribution in [2.45, 2.75) is 43.3 Å². The van der Waals surface area contributed by atoms with Gasteiger partial charge in [0.25, 0.3) is 5.56 Å². The number of piperidine rings is 1. The van der Waals surface area contributed by atoms with Crippen molar-refractivity contribution in [2.24, 2.45) is 0 Å². The summed E-state index contributed by atoms with van der Waals surface area (Å²) < 4.78 is 2.23. The number of nitrogens with zero attached hydrogens (tertiary/aromatic N) is 4.